The van der Waals surface area contributed by atoms with E-state index in [1.807, 2.05) is 37.4 Å². The number of nitrogens with two attached hydrogens (primary N) is 1. The molecule has 9 heteroatoms. The van der Waals surface area contributed by atoms with Gasteiger partial charge in [-0.1, -0.05) is 24.3 Å². The maximum Gasteiger partial charge on any atom is 0.387 e. The summed E-state index contributed by atoms with van der Waals surface area (Å²) >= 11 is 0. The monoisotopic (exact) mass is 455 g/mol. The summed E-state index contributed by atoms with van der Waals surface area (Å²) in [6, 6.07) is 15.1. The summed E-state index contributed by atoms with van der Waals surface area (Å²) in [6.07, 6.45) is 3.61. The first-order chi connectivity index (χ1) is 15.8. The second-order valence-electron chi connectivity index (χ2n) is 7.39. The summed E-state index contributed by atoms with van der Waals surface area (Å²) in [6.45, 7) is 0.783. The highest BCUT2D eigenvalue weighted by atomic mass is 19.3. The minimum absolute atomic E-state index is 0.0863. The van der Waals surface area contributed by atoms with Gasteiger partial charge in [0.25, 0.3) is 12.5 Å². The van der Waals surface area contributed by atoms with E-state index in [0.717, 1.165) is 27.8 Å². The Morgan fingerprint density at radius 2 is 1.85 bits per heavy atom. The Kier molecular flexibility index (Phi) is 7.22. The third-order valence-corrected chi connectivity index (χ3v) is 5.15. The number of pyridine rings is 1. The summed E-state index contributed by atoms with van der Waals surface area (Å²) in [4.78, 5) is 17.2. The molecule has 0 amide bonds. The van der Waals surface area contributed by atoms with Crippen LogP contribution in [0, 0.1) is 13.8 Å². The molecule has 0 aliphatic carbocycles. The number of hydrogen-bond donors (Lipinski definition) is 2. The fraction of sp³-hybridized carbons (Fsp3) is 0.208. The molecule has 0 radical (unpaired) electrons. The van der Waals surface area contributed by atoms with Gasteiger partial charge >= 0.3 is 6.61 Å². The second-order valence-corrected chi connectivity index (χ2v) is 7.39. The zero-order chi connectivity index (χ0) is 24.0. The van der Waals surface area contributed by atoms with Crippen molar-refractivity contribution in [1.29, 1.82) is 0 Å². The Morgan fingerprint density at radius 3 is 2.45 bits per heavy atom. The Hall–Kier alpha value is -4.01. The van der Waals surface area contributed by atoms with Crippen LogP contribution in [0.4, 0.5) is 8.78 Å². The summed E-state index contributed by atoms with van der Waals surface area (Å²) in [7, 11) is 0. The first-order valence-electron chi connectivity index (χ1n) is 9.93. The summed E-state index contributed by atoms with van der Waals surface area (Å²) in [5.74, 6) is 0.124. The zero-order valence-electron chi connectivity index (χ0n) is 18.0. The van der Waals surface area contributed by atoms with Gasteiger partial charge in [-0.3, -0.25) is 9.78 Å². The van der Waals surface area contributed by atoms with Crippen molar-refractivity contribution in [2.75, 3.05) is 6.61 Å². The number of rotatable bonds is 5. The normalized spacial score (nSPS) is 16.9. The molecule has 0 bridgehead atoms. The zero-order valence-corrected chi connectivity index (χ0v) is 18.0. The third-order valence-electron chi connectivity index (χ3n) is 5.15. The highest BCUT2D eigenvalue weighted by molar-refractivity contribution is 5.76. The van der Waals surface area contributed by atoms with Crippen molar-refractivity contribution in [2.45, 2.75) is 26.0 Å². The number of alkyl halides is 2. The van der Waals surface area contributed by atoms with Crippen LogP contribution in [0.25, 0.3) is 11.1 Å². The van der Waals surface area contributed by atoms with E-state index in [2.05, 4.69) is 20.8 Å². The molecule has 1 aromatic heterocycles. The molecule has 1 atom stereocenters. The van der Waals surface area contributed by atoms with Crippen molar-refractivity contribution >= 4 is 12.5 Å². The van der Waals surface area contributed by atoms with E-state index >= 15 is 0 Å². The van der Waals surface area contributed by atoms with Crippen molar-refractivity contribution in [2.24, 2.45) is 10.7 Å². The van der Waals surface area contributed by atoms with E-state index in [-0.39, 0.29) is 24.9 Å². The van der Waals surface area contributed by atoms with Crippen LogP contribution in [0.3, 0.4) is 0 Å². The van der Waals surface area contributed by atoms with E-state index in [1.165, 1.54) is 6.07 Å². The number of ether oxygens (including phenoxy) is 2. The van der Waals surface area contributed by atoms with Gasteiger partial charge in [0.05, 0.1) is 0 Å². The number of aliphatic imine (C=N–C) groups is 1. The minimum atomic E-state index is -2.88. The second kappa shape index (κ2) is 10.1. The largest absolute Gasteiger partial charge is 0.483 e. The van der Waals surface area contributed by atoms with Crippen LogP contribution < -0.4 is 10.5 Å². The van der Waals surface area contributed by atoms with Gasteiger partial charge in [-0.15, -0.1) is 0 Å². The maximum atomic E-state index is 12.6. The van der Waals surface area contributed by atoms with Crippen molar-refractivity contribution in [3.63, 3.8) is 0 Å². The minimum Gasteiger partial charge on any atom is -0.483 e. The molecule has 2 heterocycles. The van der Waals surface area contributed by atoms with Crippen LogP contribution >= 0.6 is 0 Å². The number of carboxylic acid groups (broad SMARTS) is 1. The number of aromatic nitrogens is 1. The standard InChI is InChI=1S/C23H21F2N3O2.CH2O2/c1-14-8-17(12-27-11-14)16-4-3-5-18(10-16)23(13-29-22(26)28-23)19-6-7-20(15(2)9-19)30-21(24)25;2-1-3/h3-12,21H,13H2,1-2H3,(H2,26,28);1H,(H,2,3). The molecule has 33 heavy (non-hydrogen) atoms. The van der Waals surface area contributed by atoms with Crippen LogP contribution in [0.15, 0.2) is 65.9 Å². The van der Waals surface area contributed by atoms with Crippen LogP contribution in [0.1, 0.15) is 22.3 Å². The molecule has 1 aliphatic heterocycles. The quantitative estimate of drug-likeness (QED) is 0.557. The van der Waals surface area contributed by atoms with E-state index in [4.69, 9.17) is 20.4 Å². The third kappa shape index (κ3) is 5.25. The number of amidine groups is 1. The first-order valence-corrected chi connectivity index (χ1v) is 9.93. The highest BCUT2D eigenvalue weighted by Gasteiger charge is 2.40. The van der Waals surface area contributed by atoms with Gasteiger partial charge in [0.2, 0.25) is 0 Å². The van der Waals surface area contributed by atoms with Gasteiger partial charge < -0.3 is 20.3 Å². The smallest absolute Gasteiger partial charge is 0.387 e. The number of benzene rings is 2. The molecular formula is C24H23F2N3O4. The number of nitrogens with zero attached hydrogens (tertiary/aromatic N) is 2. The van der Waals surface area contributed by atoms with E-state index in [1.54, 1.807) is 25.3 Å². The van der Waals surface area contributed by atoms with Gasteiger partial charge in [0.15, 0.2) is 5.54 Å². The van der Waals surface area contributed by atoms with Crippen molar-refractivity contribution < 1.29 is 28.2 Å². The van der Waals surface area contributed by atoms with E-state index in [9.17, 15) is 8.78 Å². The molecule has 0 spiro atoms. The van der Waals surface area contributed by atoms with Crippen LogP contribution in [-0.2, 0) is 15.1 Å². The first kappa shape index (κ1) is 23.6. The maximum absolute atomic E-state index is 12.6. The summed E-state index contributed by atoms with van der Waals surface area (Å²) < 4.78 is 35.4. The fourth-order valence-corrected chi connectivity index (χ4v) is 3.70. The van der Waals surface area contributed by atoms with E-state index in [0.29, 0.717) is 5.56 Å². The Labute approximate surface area is 189 Å². The van der Waals surface area contributed by atoms with Gasteiger partial charge in [0, 0.05) is 18.0 Å². The lowest BCUT2D eigenvalue weighted by molar-refractivity contribution is -0.122. The van der Waals surface area contributed by atoms with Crippen molar-refractivity contribution in [3.05, 3.63) is 83.2 Å². The molecule has 7 nitrogen and oxygen atoms in total. The predicted octanol–water partition coefficient (Wildman–Crippen LogP) is 4.26. The molecule has 2 aromatic carbocycles. The molecule has 1 aliphatic rings. The van der Waals surface area contributed by atoms with Crippen LogP contribution in [0.5, 0.6) is 5.75 Å². The molecule has 172 valence electrons. The van der Waals surface area contributed by atoms with Gasteiger partial charge in [-0.05, 0) is 65.9 Å². The lowest BCUT2D eigenvalue weighted by Gasteiger charge is -2.26. The Morgan fingerprint density at radius 1 is 1.12 bits per heavy atom. The summed E-state index contributed by atoms with van der Waals surface area (Å²) in [5, 5.41) is 6.89. The van der Waals surface area contributed by atoms with Crippen molar-refractivity contribution in [1.82, 2.24) is 4.98 Å². The molecule has 3 aromatic rings. The lowest BCUT2D eigenvalue weighted by Crippen LogP contribution is -2.27. The van der Waals surface area contributed by atoms with Gasteiger partial charge in [-0.2, -0.15) is 8.78 Å². The lowest BCUT2D eigenvalue weighted by atomic mass is 9.82. The molecule has 1 unspecified atom stereocenters. The average molecular weight is 455 g/mol. The van der Waals surface area contributed by atoms with Crippen LogP contribution in [-0.4, -0.2) is 35.8 Å². The predicted molar refractivity (Wildman–Crippen MR) is 119 cm³/mol. The molecular weight excluding hydrogens is 432 g/mol. The molecule has 0 saturated heterocycles. The van der Waals surface area contributed by atoms with Crippen molar-refractivity contribution in [3.8, 4) is 16.9 Å². The van der Waals surface area contributed by atoms with Gasteiger partial charge in [-0.25, -0.2) is 4.99 Å². The molecule has 4 rings (SSSR count). The SMILES string of the molecule is Cc1cncc(-c2cccc(C3(c4ccc(OC(F)F)c(C)c4)COC(N)=N3)c2)c1.O=CO. The number of aryl methyl sites for hydroxylation is 2. The number of carbonyl (C=O) groups is 1. The fourth-order valence-electron chi connectivity index (χ4n) is 3.70. The van der Waals surface area contributed by atoms with E-state index < -0.39 is 12.2 Å². The molecule has 0 saturated carbocycles. The average Bonchev–Trinajstić information content (AvgIpc) is 3.18. The molecule has 3 N–H and O–H groups in total. The number of halogens is 2. The topological polar surface area (TPSA) is 107 Å². The van der Waals surface area contributed by atoms with Crippen LogP contribution in [0.2, 0.25) is 0 Å². The summed E-state index contributed by atoms with van der Waals surface area (Å²) in [5.41, 5.74) is 10.3. The Bertz CT molecular complexity index is 1170. The van der Waals surface area contributed by atoms with Gasteiger partial charge in [0.1, 0.15) is 12.4 Å². The Balaban J connectivity index is 0.000000968. The molecule has 0 fully saturated rings. The highest BCUT2D eigenvalue weighted by Crippen LogP contribution is 2.40. The number of hydrogen-bond acceptors (Lipinski definition) is 6.